The van der Waals surface area contributed by atoms with Gasteiger partial charge in [-0.1, -0.05) is 26.7 Å². The van der Waals surface area contributed by atoms with Gasteiger partial charge in [0.1, 0.15) is 0 Å². The second-order valence-electron chi connectivity index (χ2n) is 6.93. The minimum atomic E-state index is 0.606. The molecule has 0 aromatic heterocycles. The maximum Gasteiger partial charge on any atom is 0.191 e. The Labute approximate surface area is 143 Å². The van der Waals surface area contributed by atoms with E-state index in [1.807, 2.05) is 0 Å². The molecule has 0 aromatic carbocycles. The largest absolute Gasteiger partial charge is 0.381 e. The molecule has 1 rings (SSSR count). The van der Waals surface area contributed by atoms with Crippen molar-refractivity contribution in [3.63, 3.8) is 0 Å². The number of hydrogen-bond donors (Lipinski definition) is 2. The van der Waals surface area contributed by atoms with Crippen LogP contribution in [0.2, 0.25) is 0 Å². The summed E-state index contributed by atoms with van der Waals surface area (Å²) in [7, 11) is 2.24. The second kappa shape index (κ2) is 12.6. The SMILES string of the molecule is CCNC(=NCCCOCC(C)C)NCCN(C)C1CCCC1. The molecule has 5 nitrogen and oxygen atoms in total. The first-order valence-electron chi connectivity index (χ1n) is 9.43. The highest BCUT2D eigenvalue weighted by Gasteiger charge is 2.18. The molecule has 0 bridgehead atoms. The van der Waals surface area contributed by atoms with Crippen LogP contribution in [0.4, 0.5) is 0 Å². The van der Waals surface area contributed by atoms with E-state index in [1.54, 1.807) is 0 Å². The molecule has 1 aliphatic rings. The number of rotatable bonds is 11. The molecule has 0 heterocycles. The summed E-state index contributed by atoms with van der Waals surface area (Å²) in [5, 5.41) is 6.76. The van der Waals surface area contributed by atoms with Gasteiger partial charge in [0.25, 0.3) is 0 Å². The van der Waals surface area contributed by atoms with Gasteiger partial charge in [-0.05, 0) is 39.2 Å². The fourth-order valence-corrected chi connectivity index (χ4v) is 2.90. The van der Waals surface area contributed by atoms with Crippen LogP contribution in [0.5, 0.6) is 0 Å². The highest BCUT2D eigenvalue weighted by molar-refractivity contribution is 5.79. The van der Waals surface area contributed by atoms with E-state index in [1.165, 1.54) is 25.7 Å². The van der Waals surface area contributed by atoms with Crippen molar-refractivity contribution in [3.8, 4) is 0 Å². The molecule has 0 radical (unpaired) electrons. The summed E-state index contributed by atoms with van der Waals surface area (Å²) in [6.07, 6.45) is 6.49. The summed E-state index contributed by atoms with van der Waals surface area (Å²) in [5.41, 5.74) is 0. The van der Waals surface area contributed by atoms with E-state index in [-0.39, 0.29) is 0 Å². The van der Waals surface area contributed by atoms with Gasteiger partial charge >= 0.3 is 0 Å². The molecule has 1 fully saturated rings. The van der Waals surface area contributed by atoms with Crippen molar-refractivity contribution < 1.29 is 4.74 Å². The molecule has 0 aliphatic heterocycles. The molecule has 5 heteroatoms. The maximum atomic E-state index is 5.59. The topological polar surface area (TPSA) is 48.9 Å². The molecule has 0 unspecified atom stereocenters. The quantitative estimate of drug-likeness (QED) is 0.348. The lowest BCUT2D eigenvalue weighted by Crippen LogP contribution is -2.42. The monoisotopic (exact) mass is 326 g/mol. The van der Waals surface area contributed by atoms with Gasteiger partial charge < -0.3 is 20.3 Å². The Morgan fingerprint density at radius 3 is 2.65 bits per heavy atom. The average molecular weight is 327 g/mol. The molecular formula is C18H38N4O. The molecule has 1 saturated carbocycles. The van der Waals surface area contributed by atoms with Gasteiger partial charge in [0, 0.05) is 45.4 Å². The molecule has 136 valence electrons. The predicted octanol–water partition coefficient (Wildman–Crippen LogP) is 2.48. The normalized spacial score (nSPS) is 16.5. The minimum absolute atomic E-state index is 0.606. The first-order valence-corrected chi connectivity index (χ1v) is 9.43. The van der Waals surface area contributed by atoms with Crippen LogP contribution in [0.25, 0.3) is 0 Å². The summed E-state index contributed by atoms with van der Waals surface area (Å²) in [4.78, 5) is 7.11. The smallest absolute Gasteiger partial charge is 0.191 e. The van der Waals surface area contributed by atoms with Crippen LogP contribution in [-0.2, 0) is 4.74 Å². The van der Waals surface area contributed by atoms with Crippen LogP contribution in [-0.4, -0.2) is 63.3 Å². The zero-order chi connectivity index (χ0) is 16.9. The Hall–Kier alpha value is -0.810. The van der Waals surface area contributed by atoms with Gasteiger partial charge in [0.05, 0.1) is 0 Å². The number of aliphatic imine (C=N–C) groups is 1. The summed E-state index contributed by atoms with van der Waals surface area (Å²) in [6, 6.07) is 0.787. The third kappa shape index (κ3) is 9.82. The van der Waals surface area contributed by atoms with Gasteiger partial charge in [-0.3, -0.25) is 4.99 Å². The third-order valence-corrected chi connectivity index (χ3v) is 4.22. The molecular weight excluding hydrogens is 288 g/mol. The average Bonchev–Trinajstić information content (AvgIpc) is 3.04. The molecule has 0 saturated heterocycles. The molecule has 0 aromatic rings. The van der Waals surface area contributed by atoms with Crippen LogP contribution < -0.4 is 10.6 Å². The molecule has 1 aliphatic carbocycles. The predicted molar refractivity (Wildman–Crippen MR) is 99.1 cm³/mol. The van der Waals surface area contributed by atoms with E-state index >= 15 is 0 Å². The lowest BCUT2D eigenvalue weighted by atomic mass is 10.2. The summed E-state index contributed by atoms with van der Waals surface area (Å²) < 4.78 is 5.59. The highest BCUT2D eigenvalue weighted by Crippen LogP contribution is 2.21. The third-order valence-electron chi connectivity index (χ3n) is 4.22. The second-order valence-corrected chi connectivity index (χ2v) is 6.93. The van der Waals surface area contributed by atoms with Gasteiger partial charge in [0.2, 0.25) is 0 Å². The van der Waals surface area contributed by atoms with E-state index in [0.29, 0.717) is 5.92 Å². The summed E-state index contributed by atoms with van der Waals surface area (Å²) in [5.74, 6) is 1.53. The van der Waals surface area contributed by atoms with Crippen LogP contribution >= 0.6 is 0 Å². The zero-order valence-corrected chi connectivity index (χ0v) is 15.7. The summed E-state index contributed by atoms with van der Waals surface area (Å²) >= 11 is 0. The molecule has 0 spiro atoms. The van der Waals surface area contributed by atoms with Crippen molar-refractivity contribution >= 4 is 5.96 Å². The number of ether oxygens (including phenoxy) is 1. The Balaban J connectivity index is 2.15. The summed E-state index contributed by atoms with van der Waals surface area (Å²) in [6.45, 7) is 11.8. The van der Waals surface area contributed by atoms with Crippen LogP contribution in [0.1, 0.15) is 52.9 Å². The fraction of sp³-hybridized carbons (Fsp3) is 0.944. The number of nitrogens with zero attached hydrogens (tertiary/aromatic N) is 2. The van der Waals surface area contributed by atoms with Gasteiger partial charge in [0.15, 0.2) is 5.96 Å². The molecule has 2 N–H and O–H groups in total. The Morgan fingerprint density at radius 2 is 2.00 bits per heavy atom. The highest BCUT2D eigenvalue weighted by atomic mass is 16.5. The van der Waals surface area contributed by atoms with Crippen molar-refractivity contribution in [3.05, 3.63) is 0 Å². The van der Waals surface area contributed by atoms with E-state index in [2.05, 4.69) is 48.3 Å². The maximum absolute atomic E-state index is 5.59. The van der Waals surface area contributed by atoms with E-state index in [9.17, 15) is 0 Å². The molecule has 0 atom stereocenters. The lowest BCUT2D eigenvalue weighted by Gasteiger charge is -2.24. The molecule has 23 heavy (non-hydrogen) atoms. The van der Waals surface area contributed by atoms with Crippen molar-refractivity contribution in [1.82, 2.24) is 15.5 Å². The fourth-order valence-electron chi connectivity index (χ4n) is 2.90. The Morgan fingerprint density at radius 1 is 1.26 bits per heavy atom. The van der Waals surface area contributed by atoms with Crippen molar-refractivity contribution in [2.75, 3.05) is 46.4 Å². The van der Waals surface area contributed by atoms with E-state index < -0.39 is 0 Å². The minimum Gasteiger partial charge on any atom is -0.381 e. The lowest BCUT2D eigenvalue weighted by molar-refractivity contribution is 0.109. The van der Waals surface area contributed by atoms with Gasteiger partial charge in [-0.15, -0.1) is 0 Å². The van der Waals surface area contributed by atoms with Crippen molar-refractivity contribution in [2.45, 2.75) is 58.9 Å². The molecule has 0 amide bonds. The van der Waals surface area contributed by atoms with Crippen molar-refractivity contribution in [1.29, 1.82) is 0 Å². The van der Waals surface area contributed by atoms with Crippen LogP contribution in [0.15, 0.2) is 4.99 Å². The van der Waals surface area contributed by atoms with Gasteiger partial charge in [-0.25, -0.2) is 0 Å². The van der Waals surface area contributed by atoms with E-state index in [4.69, 9.17) is 4.74 Å². The number of nitrogens with one attached hydrogen (secondary N) is 2. The first kappa shape index (κ1) is 20.2. The standard InChI is InChI=1S/C18H38N4O/c1-5-19-18(20-11-8-14-23-15-16(2)3)21-12-13-22(4)17-9-6-7-10-17/h16-17H,5-15H2,1-4H3,(H2,19,20,21). The number of guanidine groups is 1. The van der Waals surface area contributed by atoms with Crippen LogP contribution in [0, 0.1) is 5.92 Å². The number of hydrogen-bond acceptors (Lipinski definition) is 3. The van der Waals surface area contributed by atoms with E-state index in [0.717, 1.165) is 57.8 Å². The zero-order valence-electron chi connectivity index (χ0n) is 15.7. The Bertz CT molecular complexity index is 314. The first-order chi connectivity index (χ1) is 11.1. The van der Waals surface area contributed by atoms with Gasteiger partial charge in [-0.2, -0.15) is 0 Å². The van der Waals surface area contributed by atoms with Crippen LogP contribution in [0.3, 0.4) is 0 Å². The number of likely N-dealkylation sites (N-methyl/N-ethyl adjacent to an activating group) is 1. The van der Waals surface area contributed by atoms with Crippen molar-refractivity contribution in [2.24, 2.45) is 10.9 Å². The Kier molecular flexibility index (Phi) is 11.1.